The van der Waals surface area contributed by atoms with E-state index in [1.54, 1.807) is 0 Å². The first-order valence-corrected chi connectivity index (χ1v) is 14.5. The van der Waals surface area contributed by atoms with E-state index < -0.39 is 0 Å². The van der Waals surface area contributed by atoms with Gasteiger partial charge in [0, 0.05) is 68.5 Å². The van der Waals surface area contributed by atoms with Gasteiger partial charge in [0.15, 0.2) is 0 Å². The van der Waals surface area contributed by atoms with E-state index in [1.165, 1.54) is 43.5 Å². The van der Waals surface area contributed by atoms with Crippen molar-refractivity contribution in [1.29, 1.82) is 0 Å². The molecule has 0 fully saturated rings. The molecule has 0 bridgehead atoms. The van der Waals surface area contributed by atoms with Gasteiger partial charge < -0.3 is 9.13 Å². The van der Waals surface area contributed by atoms with Crippen LogP contribution >= 0.6 is 0 Å². The predicted octanol–water partition coefficient (Wildman–Crippen LogP) is 9.23. The van der Waals surface area contributed by atoms with Gasteiger partial charge in [0.2, 0.25) is 0 Å². The monoisotopic (exact) mass is 549 g/mol. The molecule has 0 saturated heterocycles. The fourth-order valence-corrected chi connectivity index (χ4v) is 7.27. The number of fused-ring (bicyclic) bond motifs is 14. The minimum absolute atomic E-state index is 0.913. The van der Waals surface area contributed by atoms with Gasteiger partial charge in [-0.15, -0.1) is 0 Å². The second-order valence-electron chi connectivity index (χ2n) is 11.1. The normalized spacial score (nSPS) is 12.2. The molecule has 0 radical (unpaired) electrons. The van der Waals surface area contributed by atoms with Crippen molar-refractivity contribution < 1.29 is 0 Å². The van der Waals surface area contributed by atoms with Gasteiger partial charge in [-0.25, -0.2) is 4.98 Å². The summed E-state index contributed by atoms with van der Waals surface area (Å²) in [7, 11) is 0. The van der Waals surface area contributed by atoms with E-state index in [2.05, 4.69) is 140 Å². The van der Waals surface area contributed by atoms with Crippen molar-refractivity contribution >= 4 is 70.9 Å². The SMILES string of the molecule is c1ccc(-n2c3ccccc3c3ccc4c(c5ccc6c7ccncc7c7nccn7c6c5n4-c4ccccc4)c32)cc1. The van der Waals surface area contributed by atoms with Crippen LogP contribution < -0.4 is 0 Å². The summed E-state index contributed by atoms with van der Waals surface area (Å²) >= 11 is 0. The third kappa shape index (κ3) is 2.90. The Bertz CT molecular complexity index is 2710. The summed E-state index contributed by atoms with van der Waals surface area (Å²) in [5.74, 6) is 0. The minimum atomic E-state index is 0.913. The Morgan fingerprint density at radius 1 is 0.442 bits per heavy atom. The zero-order chi connectivity index (χ0) is 28.1. The van der Waals surface area contributed by atoms with Gasteiger partial charge in [-0.1, -0.05) is 72.8 Å². The topological polar surface area (TPSA) is 40.1 Å². The Morgan fingerprint density at radius 3 is 1.93 bits per heavy atom. The molecule has 5 nitrogen and oxygen atoms in total. The molecule has 5 aromatic heterocycles. The second-order valence-corrected chi connectivity index (χ2v) is 11.1. The molecule has 0 amide bonds. The Morgan fingerprint density at radius 2 is 1.12 bits per heavy atom. The summed E-state index contributed by atoms with van der Waals surface area (Å²) < 4.78 is 7.11. The van der Waals surface area contributed by atoms with Gasteiger partial charge in [0.05, 0.1) is 27.6 Å². The molecule has 0 aliphatic carbocycles. The molecule has 0 spiro atoms. The molecular formula is C38H23N5. The molecule has 5 aromatic carbocycles. The highest BCUT2D eigenvalue weighted by molar-refractivity contribution is 6.30. The average Bonchev–Trinajstić information content (AvgIpc) is 3.78. The summed E-state index contributed by atoms with van der Waals surface area (Å²) in [4.78, 5) is 9.25. The fraction of sp³-hybridized carbons (Fsp3) is 0. The van der Waals surface area contributed by atoms with Crippen LogP contribution in [0.15, 0.2) is 140 Å². The number of rotatable bonds is 2. The molecule has 10 aromatic rings. The summed E-state index contributed by atoms with van der Waals surface area (Å²) in [5, 5.41) is 8.32. The van der Waals surface area contributed by atoms with Crippen molar-refractivity contribution in [2.24, 2.45) is 0 Å². The van der Waals surface area contributed by atoms with Crippen molar-refractivity contribution in [3.05, 3.63) is 140 Å². The Kier molecular flexibility index (Phi) is 4.39. The molecule has 10 rings (SSSR count). The zero-order valence-corrected chi connectivity index (χ0v) is 23.0. The third-order valence-electron chi connectivity index (χ3n) is 8.96. The van der Waals surface area contributed by atoms with Crippen molar-refractivity contribution in [3.8, 4) is 11.4 Å². The predicted molar refractivity (Wildman–Crippen MR) is 177 cm³/mol. The van der Waals surface area contributed by atoms with E-state index in [9.17, 15) is 0 Å². The number of para-hydroxylation sites is 3. The summed E-state index contributed by atoms with van der Waals surface area (Å²) in [6.45, 7) is 0. The van der Waals surface area contributed by atoms with Crippen LogP contribution in [-0.2, 0) is 0 Å². The maximum absolute atomic E-state index is 4.80. The van der Waals surface area contributed by atoms with Gasteiger partial charge in [-0.05, 0) is 47.9 Å². The molecule has 0 unspecified atom stereocenters. The molecule has 0 N–H and O–H groups in total. The van der Waals surface area contributed by atoms with Crippen LogP contribution in [0.4, 0.5) is 0 Å². The smallest absolute Gasteiger partial charge is 0.146 e. The van der Waals surface area contributed by atoms with Crippen molar-refractivity contribution in [2.45, 2.75) is 0 Å². The Labute approximate surface area is 245 Å². The van der Waals surface area contributed by atoms with Crippen molar-refractivity contribution in [2.75, 3.05) is 0 Å². The first-order valence-electron chi connectivity index (χ1n) is 14.5. The second kappa shape index (κ2) is 8.30. The molecule has 0 atom stereocenters. The molecule has 5 heterocycles. The van der Waals surface area contributed by atoms with Crippen LogP contribution in [0.1, 0.15) is 0 Å². The molecule has 0 aliphatic rings. The number of pyridine rings is 2. The number of hydrogen-bond donors (Lipinski definition) is 0. The number of imidazole rings is 1. The zero-order valence-electron chi connectivity index (χ0n) is 23.0. The highest BCUT2D eigenvalue weighted by Gasteiger charge is 2.23. The van der Waals surface area contributed by atoms with Crippen LogP contribution in [0.5, 0.6) is 0 Å². The van der Waals surface area contributed by atoms with Crippen LogP contribution in [0.2, 0.25) is 0 Å². The van der Waals surface area contributed by atoms with Gasteiger partial charge in [-0.3, -0.25) is 9.38 Å². The van der Waals surface area contributed by atoms with Crippen molar-refractivity contribution in [3.63, 3.8) is 0 Å². The van der Waals surface area contributed by atoms with Crippen LogP contribution in [0, 0.1) is 0 Å². The maximum Gasteiger partial charge on any atom is 0.146 e. The number of aromatic nitrogens is 5. The van der Waals surface area contributed by atoms with E-state index in [1.807, 2.05) is 18.6 Å². The lowest BCUT2D eigenvalue weighted by Crippen LogP contribution is -1.98. The molecule has 0 aliphatic heterocycles. The van der Waals surface area contributed by atoms with Crippen molar-refractivity contribution in [1.82, 2.24) is 23.5 Å². The standard InChI is InChI=1S/C38H23N5/c1-3-9-24(10-4-1)42-32-14-8-7-13-27(32)29-17-18-33-34(35(29)42)30-16-15-28-26-19-20-39-23-31(26)38-40-21-22-41(38)36(28)37(30)43(33)25-11-5-2-6-12-25/h1-23H. The maximum atomic E-state index is 4.80. The summed E-state index contributed by atoms with van der Waals surface area (Å²) in [6, 6.07) is 41.5. The number of benzene rings is 5. The minimum Gasteiger partial charge on any atom is -0.309 e. The fourth-order valence-electron chi connectivity index (χ4n) is 7.27. The van der Waals surface area contributed by atoms with Gasteiger partial charge in [0.25, 0.3) is 0 Å². The van der Waals surface area contributed by atoms with Crippen LogP contribution in [0.25, 0.3) is 82.3 Å². The number of nitrogens with zero attached hydrogens (tertiary/aromatic N) is 5. The number of hydrogen-bond acceptors (Lipinski definition) is 2. The molecule has 5 heteroatoms. The van der Waals surface area contributed by atoms with Gasteiger partial charge in [0.1, 0.15) is 5.65 Å². The third-order valence-corrected chi connectivity index (χ3v) is 8.96. The van der Waals surface area contributed by atoms with Crippen LogP contribution in [0.3, 0.4) is 0 Å². The van der Waals surface area contributed by atoms with Gasteiger partial charge in [-0.2, -0.15) is 0 Å². The first kappa shape index (κ1) is 22.7. The van der Waals surface area contributed by atoms with E-state index in [-0.39, 0.29) is 0 Å². The van der Waals surface area contributed by atoms with E-state index in [4.69, 9.17) is 4.98 Å². The Balaban J connectivity index is 1.53. The highest BCUT2D eigenvalue weighted by atomic mass is 15.0. The van der Waals surface area contributed by atoms with E-state index >= 15 is 0 Å². The lowest BCUT2D eigenvalue weighted by Gasteiger charge is -2.13. The first-order chi connectivity index (χ1) is 21.4. The van der Waals surface area contributed by atoms with Crippen LogP contribution in [-0.4, -0.2) is 23.5 Å². The average molecular weight is 550 g/mol. The van der Waals surface area contributed by atoms with E-state index in [0.29, 0.717) is 0 Å². The molecule has 0 saturated carbocycles. The lowest BCUT2D eigenvalue weighted by atomic mass is 10.0. The largest absolute Gasteiger partial charge is 0.309 e. The van der Waals surface area contributed by atoms with E-state index in [0.717, 1.165) is 38.8 Å². The molecule has 43 heavy (non-hydrogen) atoms. The Hall–Kier alpha value is -5.94. The molecule has 200 valence electrons. The summed E-state index contributed by atoms with van der Waals surface area (Å²) in [5.41, 5.74) is 9.08. The molecular weight excluding hydrogens is 526 g/mol. The highest BCUT2D eigenvalue weighted by Crippen LogP contribution is 2.44. The quantitative estimate of drug-likeness (QED) is 0.202. The summed E-state index contributed by atoms with van der Waals surface area (Å²) in [6.07, 6.45) is 7.77. The lowest BCUT2D eigenvalue weighted by molar-refractivity contribution is 1.17. The van der Waals surface area contributed by atoms with Gasteiger partial charge >= 0.3 is 0 Å².